The van der Waals surface area contributed by atoms with Crippen molar-refractivity contribution in [1.82, 2.24) is 10.2 Å². The fourth-order valence-electron chi connectivity index (χ4n) is 3.17. The van der Waals surface area contributed by atoms with Crippen LogP contribution in [0, 0.1) is 0 Å². The Kier molecular flexibility index (Phi) is 3.82. The van der Waals surface area contributed by atoms with Crippen LogP contribution in [0.25, 0.3) is 0 Å². The summed E-state index contributed by atoms with van der Waals surface area (Å²) in [4.78, 5) is 2.76. The van der Waals surface area contributed by atoms with E-state index in [4.69, 9.17) is 0 Å². The van der Waals surface area contributed by atoms with Gasteiger partial charge in [-0.15, -0.1) is 0 Å². The second-order valence-corrected chi connectivity index (χ2v) is 4.77. The summed E-state index contributed by atoms with van der Waals surface area (Å²) in [6, 6.07) is 1.74. The molecule has 1 unspecified atom stereocenters. The molecule has 14 heavy (non-hydrogen) atoms. The van der Waals surface area contributed by atoms with E-state index in [2.05, 4.69) is 17.1 Å². The number of nitrogens with zero attached hydrogens (tertiary/aromatic N) is 1. The predicted molar refractivity (Wildman–Crippen MR) is 60.5 cm³/mol. The van der Waals surface area contributed by atoms with Crippen molar-refractivity contribution < 1.29 is 0 Å². The van der Waals surface area contributed by atoms with E-state index in [1.54, 1.807) is 0 Å². The van der Waals surface area contributed by atoms with E-state index >= 15 is 0 Å². The Morgan fingerprint density at radius 2 is 1.79 bits per heavy atom. The van der Waals surface area contributed by atoms with Crippen LogP contribution in [-0.2, 0) is 0 Å². The Hall–Kier alpha value is -0.0800. The van der Waals surface area contributed by atoms with E-state index in [1.165, 1.54) is 58.2 Å². The third-order valence-electron chi connectivity index (χ3n) is 3.90. The first-order chi connectivity index (χ1) is 6.92. The molecule has 0 spiro atoms. The largest absolute Gasteiger partial charge is 0.315 e. The van der Waals surface area contributed by atoms with Gasteiger partial charge in [0.15, 0.2) is 0 Å². The first-order valence-electron chi connectivity index (χ1n) is 6.38. The van der Waals surface area contributed by atoms with Crippen LogP contribution in [0.15, 0.2) is 0 Å². The minimum absolute atomic E-state index is 0.830. The van der Waals surface area contributed by atoms with Gasteiger partial charge in [-0.1, -0.05) is 19.8 Å². The molecule has 1 saturated heterocycles. The zero-order valence-corrected chi connectivity index (χ0v) is 9.47. The monoisotopic (exact) mass is 196 g/mol. The number of piperidine rings is 1. The highest BCUT2D eigenvalue weighted by Gasteiger charge is 2.28. The van der Waals surface area contributed by atoms with Gasteiger partial charge in [0, 0.05) is 18.6 Å². The molecule has 0 aromatic carbocycles. The third kappa shape index (κ3) is 2.29. The molecule has 2 fully saturated rings. The molecule has 1 aliphatic carbocycles. The van der Waals surface area contributed by atoms with Crippen molar-refractivity contribution in [2.75, 3.05) is 19.6 Å². The molecule has 1 N–H and O–H groups in total. The second kappa shape index (κ2) is 5.13. The van der Waals surface area contributed by atoms with Crippen LogP contribution < -0.4 is 5.32 Å². The van der Waals surface area contributed by atoms with Crippen molar-refractivity contribution in [2.45, 2.75) is 57.5 Å². The van der Waals surface area contributed by atoms with E-state index < -0.39 is 0 Å². The van der Waals surface area contributed by atoms with Crippen molar-refractivity contribution in [2.24, 2.45) is 0 Å². The molecule has 2 rings (SSSR count). The minimum atomic E-state index is 0.830. The lowest BCUT2D eigenvalue weighted by molar-refractivity contribution is 0.121. The van der Waals surface area contributed by atoms with E-state index in [9.17, 15) is 0 Å². The summed E-state index contributed by atoms with van der Waals surface area (Å²) in [5, 5.41) is 3.53. The van der Waals surface area contributed by atoms with Crippen LogP contribution >= 0.6 is 0 Å². The third-order valence-corrected chi connectivity index (χ3v) is 3.90. The number of hydrogen-bond donors (Lipinski definition) is 1. The van der Waals surface area contributed by atoms with Crippen molar-refractivity contribution >= 4 is 0 Å². The van der Waals surface area contributed by atoms with Crippen molar-refractivity contribution in [3.05, 3.63) is 0 Å². The van der Waals surface area contributed by atoms with E-state index in [0.717, 1.165) is 12.1 Å². The fraction of sp³-hybridized carbons (Fsp3) is 1.00. The van der Waals surface area contributed by atoms with Crippen LogP contribution in [0.3, 0.4) is 0 Å². The lowest BCUT2D eigenvalue weighted by Crippen LogP contribution is -2.49. The number of hydrogen-bond acceptors (Lipinski definition) is 2. The zero-order chi connectivity index (χ0) is 9.80. The van der Waals surface area contributed by atoms with Crippen LogP contribution in [-0.4, -0.2) is 36.6 Å². The lowest BCUT2D eigenvalue weighted by atomic mass is 10.0. The van der Waals surface area contributed by atoms with Gasteiger partial charge in [-0.05, 0) is 38.8 Å². The topological polar surface area (TPSA) is 15.3 Å². The minimum Gasteiger partial charge on any atom is -0.315 e. The molecule has 2 aliphatic rings. The highest BCUT2D eigenvalue weighted by molar-refractivity contribution is 4.85. The highest BCUT2D eigenvalue weighted by atomic mass is 15.2. The summed E-state index contributed by atoms with van der Waals surface area (Å²) in [5.41, 5.74) is 0. The van der Waals surface area contributed by atoms with Crippen molar-refractivity contribution in [3.63, 3.8) is 0 Å². The Bertz CT molecular complexity index is 158. The molecule has 1 atom stereocenters. The summed E-state index contributed by atoms with van der Waals surface area (Å²) < 4.78 is 0. The van der Waals surface area contributed by atoms with Gasteiger partial charge in [0.1, 0.15) is 0 Å². The molecule has 1 heterocycles. The second-order valence-electron chi connectivity index (χ2n) is 4.77. The lowest BCUT2D eigenvalue weighted by Gasteiger charge is -2.38. The Balaban J connectivity index is 1.89. The molecule has 1 saturated carbocycles. The molecular formula is C12H24N2. The maximum absolute atomic E-state index is 3.53. The molecule has 0 aromatic rings. The van der Waals surface area contributed by atoms with E-state index in [0.29, 0.717) is 0 Å². The molecule has 82 valence electrons. The Labute approximate surface area is 88.1 Å². The number of rotatable bonds is 3. The molecule has 0 amide bonds. The van der Waals surface area contributed by atoms with Gasteiger partial charge in [0.05, 0.1) is 0 Å². The SMILES string of the molecule is CCN(C1CCCC1)C1CCCNC1. The van der Waals surface area contributed by atoms with Gasteiger partial charge in [-0.3, -0.25) is 4.90 Å². The van der Waals surface area contributed by atoms with E-state index in [1.807, 2.05) is 0 Å². The van der Waals surface area contributed by atoms with Gasteiger partial charge < -0.3 is 5.32 Å². The van der Waals surface area contributed by atoms with Crippen molar-refractivity contribution in [1.29, 1.82) is 0 Å². The fourth-order valence-corrected chi connectivity index (χ4v) is 3.17. The summed E-state index contributed by atoms with van der Waals surface area (Å²) in [7, 11) is 0. The maximum atomic E-state index is 3.53. The van der Waals surface area contributed by atoms with Gasteiger partial charge in [-0.2, -0.15) is 0 Å². The molecule has 2 heteroatoms. The van der Waals surface area contributed by atoms with Gasteiger partial charge in [0.2, 0.25) is 0 Å². The molecule has 1 aliphatic heterocycles. The normalized spacial score (nSPS) is 30.0. The first kappa shape index (κ1) is 10.4. The van der Waals surface area contributed by atoms with Gasteiger partial charge in [0.25, 0.3) is 0 Å². The van der Waals surface area contributed by atoms with Gasteiger partial charge in [-0.25, -0.2) is 0 Å². The van der Waals surface area contributed by atoms with Crippen LogP contribution in [0.2, 0.25) is 0 Å². The van der Waals surface area contributed by atoms with Gasteiger partial charge >= 0.3 is 0 Å². The summed E-state index contributed by atoms with van der Waals surface area (Å²) in [5.74, 6) is 0. The first-order valence-corrected chi connectivity index (χ1v) is 6.38. The predicted octanol–water partition coefficient (Wildman–Crippen LogP) is 2.00. The standard InChI is InChI=1S/C12H24N2/c1-2-14(11-6-3-4-7-11)12-8-5-9-13-10-12/h11-13H,2-10H2,1H3. The highest BCUT2D eigenvalue weighted by Crippen LogP contribution is 2.26. The number of nitrogens with one attached hydrogen (secondary N) is 1. The molecule has 0 aromatic heterocycles. The van der Waals surface area contributed by atoms with Crippen LogP contribution in [0.1, 0.15) is 45.4 Å². The summed E-state index contributed by atoms with van der Waals surface area (Å²) in [6.07, 6.45) is 8.60. The summed E-state index contributed by atoms with van der Waals surface area (Å²) in [6.45, 7) is 6.03. The van der Waals surface area contributed by atoms with E-state index in [-0.39, 0.29) is 0 Å². The molecule has 0 bridgehead atoms. The smallest absolute Gasteiger partial charge is 0.0223 e. The molecule has 0 radical (unpaired) electrons. The van der Waals surface area contributed by atoms with Crippen LogP contribution in [0.4, 0.5) is 0 Å². The molecule has 2 nitrogen and oxygen atoms in total. The Morgan fingerprint density at radius 3 is 2.36 bits per heavy atom. The molecular weight excluding hydrogens is 172 g/mol. The maximum Gasteiger partial charge on any atom is 0.0223 e. The zero-order valence-electron chi connectivity index (χ0n) is 9.47. The summed E-state index contributed by atoms with van der Waals surface area (Å²) >= 11 is 0. The quantitative estimate of drug-likeness (QED) is 0.743. The average Bonchev–Trinajstić information content (AvgIpc) is 2.74. The number of likely N-dealkylation sites (N-methyl/N-ethyl adjacent to an activating group) is 1. The van der Waals surface area contributed by atoms with Crippen LogP contribution in [0.5, 0.6) is 0 Å². The average molecular weight is 196 g/mol. The Morgan fingerprint density at radius 1 is 1.07 bits per heavy atom. The van der Waals surface area contributed by atoms with Crippen molar-refractivity contribution in [3.8, 4) is 0 Å².